The maximum Gasteiger partial charge on any atom is 0.326 e. The minimum absolute atomic E-state index is 0.275. The third kappa shape index (κ3) is 2.95. The second kappa shape index (κ2) is 5.76. The Bertz CT molecular complexity index is 567. The number of hydrogen-bond acceptors (Lipinski definition) is 5. The van der Waals surface area contributed by atoms with Crippen LogP contribution < -0.4 is 5.32 Å². The molecule has 0 spiro atoms. The van der Waals surface area contributed by atoms with Crippen LogP contribution in [0.25, 0.3) is 5.69 Å². The Morgan fingerprint density at radius 3 is 2.84 bits per heavy atom. The molecule has 1 aromatic carbocycles. The molecule has 2 aromatic rings. The number of aliphatic carboxylic acids is 1. The molecule has 2 N–H and O–H groups in total. The average Bonchev–Trinajstić information content (AvgIpc) is 2.87. The van der Waals surface area contributed by atoms with E-state index in [1.807, 2.05) is 30.3 Å². The number of carboxylic acid groups (broad SMARTS) is 1. The molecule has 2 rings (SSSR count). The number of rotatable bonds is 6. The van der Waals surface area contributed by atoms with Crippen LogP contribution in [0.4, 0.5) is 5.95 Å². The van der Waals surface area contributed by atoms with Crippen molar-refractivity contribution in [3.8, 4) is 5.69 Å². The number of carboxylic acids is 1. The molecule has 1 heterocycles. The van der Waals surface area contributed by atoms with Crippen LogP contribution in [-0.2, 0) is 4.79 Å². The van der Waals surface area contributed by atoms with Gasteiger partial charge < -0.3 is 10.4 Å². The Morgan fingerprint density at radius 1 is 1.47 bits per heavy atom. The van der Waals surface area contributed by atoms with Crippen molar-refractivity contribution in [2.45, 2.75) is 12.5 Å². The zero-order chi connectivity index (χ0) is 13.7. The fourth-order valence-corrected chi connectivity index (χ4v) is 1.56. The van der Waals surface area contributed by atoms with E-state index in [1.165, 1.54) is 10.8 Å². The number of aromatic nitrogens is 4. The summed E-state index contributed by atoms with van der Waals surface area (Å²) in [5, 5.41) is 23.0. The van der Waals surface area contributed by atoms with E-state index in [1.54, 1.807) is 0 Å². The molecule has 0 fully saturated rings. The Labute approximate surface area is 109 Å². The fraction of sp³-hybridized carbons (Fsp3) is 0.167. The number of benzene rings is 1. The normalized spacial score (nSPS) is 11.8. The van der Waals surface area contributed by atoms with E-state index < -0.39 is 12.0 Å². The largest absolute Gasteiger partial charge is 0.480 e. The van der Waals surface area contributed by atoms with Crippen LogP contribution in [0.2, 0.25) is 0 Å². The summed E-state index contributed by atoms with van der Waals surface area (Å²) in [6, 6.07) is 8.40. The molecule has 0 aliphatic heterocycles. The van der Waals surface area contributed by atoms with E-state index in [-0.39, 0.29) is 12.4 Å². The standard InChI is InChI=1S/C12H13N5O2/c1-2-6-10(11(18)19)13-12-14-15-16-17(12)9-7-4-3-5-8-9/h2-5,7-8,10H,1,6H2,(H,18,19)(H,13,14,16). The van der Waals surface area contributed by atoms with Crippen LogP contribution in [0.15, 0.2) is 43.0 Å². The Balaban J connectivity index is 2.25. The van der Waals surface area contributed by atoms with Gasteiger partial charge in [0.25, 0.3) is 0 Å². The number of carbonyl (C=O) groups is 1. The maximum atomic E-state index is 11.1. The second-order valence-electron chi connectivity index (χ2n) is 3.81. The Kier molecular flexibility index (Phi) is 3.87. The van der Waals surface area contributed by atoms with Crippen LogP contribution in [0.1, 0.15) is 6.42 Å². The quantitative estimate of drug-likeness (QED) is 0.755. The zero-order valence-corrected chi connectivity index (χ0v) is 10.1. The summed E-state index contributed by atoms with van der Waals surface area (Å²) in [4.78, 5) is 11.1. The zero-order valence-electron chi connectivity index (χ0n) is 10.1. The molecule has 19 heavy (non-hydrogen) atoms. The fourth-order valence-electron chi connectivity index (χ4n) is 1.56. The lowest BCUT2D eigenvalue weighted by Gasteiger charge is -2.12. The van der Waals surface area contributed by atoms with Crippen molar-refractivity contribution >= 4 is 11.9 Å². The van der Waals surface area contributed by atoms with E-state index in [0.717, 1.165) is 5.69 Å². The van der Waals surface area contributed by atoms with Gasteiger partial charge in [0.15, 0.2) is 0 Å². The van der Waals surface area contributed by atoms with E-state index in [9.17, 15) is 4.79 Å². The van der Waals surface area contributed by atoms with Crippen LogP contribution >= 0.6 is 0 Å². The predicted molar refractivity (Wildman–Crippen MR) is 69.0 cm³/mol. The summed E-state index contributed by atoms with van der Waals surface area (Å²) < 4.78 is 1.44. The molecule has 0 aliphatic carbocycles. The first-order chi connectivity index (χ1) is 9.22. The summed E-state index contributed by atoms with van der Waals surface area (Å²) in [6.07, 6.45) is 1.80. The third-order valence-corrected chi connectivity index (χ3v) is 2.47. The predicted octanol–water partition coefficient (Wildman–Crippen LogP) is 1.10. The lowest BCUT2D eigenvalue weighted by molar-refractivity contribution is -0.137. The Morgan fingerprint density at radius 2 is 2.21 bits per heavy atom. The van der Waals surface area contributed by atoms with E-state index >= 15 is 0 Å². The summed E-state index contributed by atoms with van der Waals surface area (Å²) in [5.74, 6) is -0.706. The van der Waals surface area contributed by atoms with Gasteiger partial charge in [-0.3, -0.25) is 0 Å². The molecule has 0 bridgehead atoms. The second-order valence-corrected chi connectivity index (χ2v) is 3.81. The lowest BCUT2D eigenvalue weighted by Crippen LogP contribution is -2.30. The van der Waals surface area contributed by atoms with Crippen molar-refractivity contribution in [1.82, 2.24) is 20.2 Å². The molecule has 1 unspecified atom stereocenters. The molecule has 0 radical (unpaired) electrons. The van der Waals surface area contributed by atoms with Crippen LogP contribution in [0.5, 0.6) is 0 Å². The first-order valence-electron chi connectivity index (χ1n) is 5.66. The van der Waals surface area contributed by atoms with Crippen LogP contribution in [0.3, 0.4) is 0 Å². The van der Waals surface area contributed by atoms with Gasteiger partial charge in [0.1, 0.15) is 6.04 Å². The number of para-hydroxylation sites is 1. The van der Waals surface area contributed by atoms with Gasteiger partial charge in [-0.2, -0.15) is 4.68 Å². The van der Waals surface area contributed by atoms with Gasteiger partial charge in [-0.15, -0.1) is 6.58 Å². The van der Waals surface area contributed by atoms with Crippen molar-refractivity contribution in [2.24, 2.45) is 0 Å². The topological polar surface area (TPSA) is 92.9 Å². The molecule has 98 valence electrons. The monoisotopic (exact) mass is 259 g/mol. The third-order valence-electron chi connectivity index (χ3n) is 2.47. The molecule has 7 heteroatoms. The van der Waals surface area contributed by atoms with Crippen LogP contribution in [-0.4, -0.2) is 37.3 Å². The molecule has 0 aliphatic rings. The highest BCUT2D eigenvalue weighted by Gasteiger charge is 2.19. The molecule has 0 saturated heterocycles. The van der Waals surface area contributed by atoms with E-state index in [0.29, 0.717) is 0 Å². The van der Waals surface area contributed by atoms with Crippen molar-refractivity contribution in [3.63, 3.8) is 0 Å². The molecule has 1 aromatic heterocycles. The van der Waals surface area contributed by atoms with Gasteiger partial charge in [-0.25, -0.2) is 4.79 Å². The van der Waals surface area contributed by atoms with Crippen molar-refractivity contribution in [3.05, 3.63) is 43.0 Å². The highest BCUT2D eigenvalue weighted by atomic mass is 16.4. The minimum atomic E-state index is -0.984. The molecular formula is C12H13N5O2. The van der Waals surface area contributed by atoms with Crippen molar-refractivity contribution < 1.29 is 9.90 Å². The minimum Gasteiger partial charge on any atom is -0.480 e. The number of hydrogen-bond donors (Lipinski definition) is 2. The van der Waals surface area contributed by atoms with Gasteiger partial charge in [-0.1, -0.05) is 29.4 Å². The van der Waals surface area contributed by atoms with Gasteiger partial charge >= 0.3 is 5.97 Å². The molecule has 7 nitrogen and oxygen atoms in total. The van der Waals surface area contributed by atoms with E-state index in [2.05, 4.69) is 27.4 Å². The first kappa shape index (κ1) is 12.7. The highest BCUT2D eigenvalue weighted by molar-refractivity contribution is 5.76. The van der Waals surface area contributed by atoms with Gasteiger partial charge in [0, 0.05) is 0 Å². The highest BCUT2D eigenvalue weighted by Crippen LogP contribution is 2.12. The van der Waals surface area contributed by atoms with Gasteiger partial charge in [0.05, 0.1) is 5.69 Å². The van der Waals surface area contributed by atoms with Crippen LogP contribution in [0, 0.1) is 0 Å². The molecular weight excluding hydrogens is 246 g/mol. The number of nitrogens with zero attached hydrogens (tertiary/aromatic N) is 4. The summed E-state index contributed by atoms with van der Waals surface area (Å²) in [7, 11) is 0. The maximum absolute atomic E-state index is 11.1. The SMILES string of the molecule is C=CCC(Nc1nnnn1-c1ccccc1)C(=O)O. The lowest BCUT2D eigenvalue weighted by atomic mass is 10.2. The Hall–Kier alpha value is -2.70. The first-order valence-corrected chi connectivity index (χ1v) is 5.66. The smallest absolute Gasteiger partial charge is 0.326 e. The number of anilines is 1. The molecule has 0 amide bonds. The number of nitrogens with one attached hydrogen (secondary N) is 1. The molecule has 1 atom stereocenters. The van der Waals surface area contributed by atoms with Gasteiger partial charge in [0.2, 0.25) is 5.95 Å². The van der Waals surface area contributed by atoms with E-state index in [4.69, 9.17) is 5.11 Å². The van der Waals surface area contributed by atoms with Crippen molar-refractivity contribution in [2.75, 3.05) is 5.32 Å². The summed E-state index contributed by atoms with van der Waals surface area (Å²) >= 11 is 0. The van der Waals surface area contributed by atoms with Crippen molar-refractivity contribution in [1.29, 1.82) is 0 Å². The average molecular weight is 259 g/mol. The number of tetrazole rings is 1. The summed E-state index contributed by atoms with van der Waals surface area (Å²) in [5.41, 5.74) is 0.748. The molecule has 0 saturated carbocycles. The summed E-state index contributed by atoms with van der Waals surface area (Å²) in [6.45, 7) is 3.53. The van der Waals surface area contributed by atoms with Gasteiger partial charge in [-0.05, 0) is 29.0 Å².